The van der Waals surface area contributed by atoms with Crippen molar-refractivity contribution in [3.05, 3.63) is 35.9 Å². The molecule has 1 aromatic carbocycles. The molecule has 1 unspecified atom stereocenters. The fourth-order valence-corrected chi connectivity index (χ4v) is 4.38. The Balaban J connectivity index is 1.39. The van der Waals surface area contributed by atoms with Crippen LogP contribution in [0.1, 0.15) is 56.9 Å². The summed E-state index contributed by atoms with van der Waals surface area (Å²) in [5.74, 6) is 2.55. The highest BCUT2D eigenvalue weighted by molar-refractivity contribution is 5.80. The van der Waals surface area contributed by atoms with Gasteiger partial charge >= 0.3 is 0 Å². The van der Waals surface area contributed by atoms with Gasteiger partial charge < -0.3 is 15.5 Å². The van der Waals surface area contributed by atoms with Crippen LogP contribution in [-0.4, -0.2) is 49.5 Å². The molecular weight excluding hydrogens is 336 g/mol. The quantitative estimate of drug-likeness (QED) is 0.618. The molecule has 1 aliphatic heterocycles. The third-order valence-corrected chi connectivity index (χ3v) is 6.08. The molecule has 1 saturated heterocycles. The Labute approximate surface area is 163 Å². The van der Waals surface area contributed by atoms with Gasteiger partial charge in [-0.1, -0.05) is 37.3 Å². The number of rotatable bonds is 5. The molecular formula is C22H34N4O. The topological polar surface area (TPSA) is 56.7 Å². The van der Waals surface area contributed by atoms with E-state index in [0.29, 0.717) is 18.4 Å². The van der Waals surface area contributed by atoms with Crippen molar-refractivity contribution in [3.8, 4) is 0 Å². The number of likely N-dealkylation sites (tertiary alicyclic amines) is 1. The van der Waals surface area contributed by atoms with Crippen molar-refractivity contribution in [2.75, 3.05) is 26.7 Å². The number of aliphatic imine (C=N–C) groups is 1. The molecule has 0 bridgehead atoms. The predicted molar refractivity (Wildman–Crippen MR) is 111 cm³/mol. The van der Waals surface area contributed by atoms with Crippen LogP contribution in [0.4, 0.5) is 0 Å². The molecule has 1 heterocycles. The van der Waals surface area contributed by atoms with Crippen LogP contribution >= 0.6 is 0 Å². The van der Waals surface area contributed by atoms with Crippen LogP contribution in [0.5, 0.6) is 0 Å². The number of guanidine groups is 1. The fourth-order valence-electron chi connectivity index (χ4n) is 4.38. The molecule has 2 N–H and O–H groups in total. The molecule has 5 nitrogen and oxygen atoms in total. The second kappa shape index (κ2) is 9.77. The predicted octanol–water partition coefficient (Wildman–Crippen LogP) is 3.14. The van der Waals surface area contributed by atoms with Crippen LogP contribution in [0, 0.1) is 5.92 Å². The third-order valence-electron chi connectivity index (χ3n) is 6.08. The number of hydrogen-bond acceptors (Lipinski definition) is 2. The average Bonchev–Trinajstić information content (AvgIpc) is 3.20. The van der Waals surface area contributed by atoms with E-state index in [9.17, 15) is 4.79 Å². The van der Waals surface area contributed by atoms with E-state index in [-0.39, 0.29) is 5.91 Å². The molecule has 1 saturated carbocycles. The summed E-state index contributed by atoms with van der Waals surface area (Å²) in [5.41, 5.74) is 1.49. The van der Waals surface area contributed by atoms with E-state index in [1.165, 1.54) is 31.2 Å². The molecule has 148 valence electrons. The minimum Gasteiger partial charge on any atom is -0.356 e. The van der Waals surface area contributed by atoms with E-state index in [0.717, 1.165) is 37.9 Å². The van der Waals surface area contributed by atoms with Gasteiger partial charge in [-0.3, -0.25) is 9.79 Å². The van der Waals surface area contributed by atoms with Crippen LogP contribution in [0.15, 0.2) is 35.3 Å². The Morgan fingerprint density at radius 3 is 2.56 bits per heavy atom. The van der Waals surface area contributed by atoms with Gasteiger partial charge in [0.25, 0.3) is 0 Å². The van der Waals surface area contributed by atoms with Gasteiger partial charge in [-0.05, 0) is 49.5 Å². The van der Waals surface area contributed by atoms with E-state index in [2.05, 4.69) is 46.0 Å². The summed E-state index contributed by atoms with van der Waals surface area (Å²) in [6.45, 7) is 4.54. The lowest BCUT2D eigenvalue weighted by Crippen LogP contribution is -2.46. The zero-order chi connectivity index (χ0) is 19.1. The Morgan fingerprint density at radius 2 is 1.89 bits per heavy atom. The van der Waals surface area contributed by atoms with Gasteiger partial charge in [0.05, 0.1) is 0 Å². The van der Waals surface area contributed by atoms with Crippen molar-refractivity contribution in [2.24, 2.45) is 10.9 Å². The van der Waals surface area contributed by atoms with E-state index in [4.69, 9.17) is 0 Å². The van der Waals surface area contributed by atoms with Crippen molar-refractivity contribution in [1.29, 1.82) is 0 Å². The maximum absolute atomic E-state index is 11.8. The zero-order valence-corrected chi connectivity index (χ0v) is 16.8. The highest BCUT2D eigenvalue weighted by Crippen LogP contribution is 2.35. The molecule has 1 atom stereocenters. The van der Waals surface area contributed by atoms with Crippen LogP contribution in [-0.2, 0) is 4.79 Å². The van der Waals surface area contributed by atoms with Crippen LogP contribution < -0.4 is 10.6 Å². The molecule has 2 fully saturated rings. The molecule has 27 heavy (non-hydrogen) atoms. The van der Waals surface area contributed by atoms with Crippen molar-refractivity contribution in [1.82, 2.24) is 15.5 Å². The van der Waals surface area contributed by atoms with Crippen molar-refractivity contribution >= 4 is 11.9 Å². The van der Waals surface area contributed by atoms with E-state index < -0.39 is 0 Å². The van der Waals surface area contributed by atoms with Gasteiger partial charge in [0.2, 0.25) is 5.91 Å². The smallest absolute Gasteiger partial charge is 0.222 e. The van der Waals surface area contributed by atoms with Gasteiger partial charge in [0, 0.05) is 39.1 Å². The molecule has 2 aliphatic rings. The number of amides is 1. The Morgan fingerprint density at radius 1 is 1.15 bits per heavy atom. The van der Waals surface area contributed by atoms with Crippen LogP contribution in [0.3, 0.4) is 0 Å². The van der Waals surface area contributed by atoms with Crippen LogP contribution in [0.25, 0.3) is 0 Å². The Hall–Kier alpha value is -2.04. The summed E-state index contributed by atoms with van der Waals surface area (Å²) < 4.78 is 0. The Kier molecular flexibility index (Phi) is 7.13. The molecule has 5 heteroatoms. The second-order valence-electron chi connectivity index (χ2n) is 7.90. The molecule has 1 aliphatic carbocycles. The number of benzene rings is 1. The summed E-state index contributed by atoms with van der Waals surface area (Å²) in [7, 11) is 1.82. The first-order chi connectivity index (χ1) is 13.2. The number of hydrogen-bond donors (Lipinski definition) is 2. The molecule has 1 aromatic rings. The van der Waals surface area contributed by atoms with Crippen LogP contribution in [0.2, 0.25) is 0 Å². The first-order valence-electron chi connectivity index (χ1n) is 10.5. The summed E-state index contributed by atoms with van der Waals surface area (Å²) in [6, 6.07) is 11.2. The number of carbonyl (C=O) groups is 1. The molecule has 1 amide bonds. The summed E-state index contributed by atoms with van der Waals surface area (Å²) >= 11 is 0. The van der Waals surface area contributed by atoms with Crippen molar-refractivity contribution < 1.29 is 4.79 Å². The highest BCUT2D eigenvalue weighted by Gasteiger charge is 2.26. The number of nitrogens with zero attached hydrogens (tertiary/aromatic N) is 2. The van der Waals surface area contributed by atoms with Gasteiger partial charge in [-0.25, -0.2) is 0 Å². The molecule has 3 rings (SSSR count). The number of carbonyl (C=O) groups excluding carboxylic acids is 1. The third kappa shape index (κ3) is 5.47. The fraction of sp³-hybridized carbons (Fsp3) is 0.636. The first kappa shape index (κ1) is 19.7. The Bertz CT molecular complexity index is 622. The lowest BCUT2D eigenvalue weighted by Gasteiger charge is -2.29. The van der Waals surface area contributed by atoms with Gasteiger partial charge in [0.15, 0.2) is 5.96 Å². The van der Waals surface area contributed by atoms with Gasteiger partial charge in [0.1, 0.15) is 0 Å². The van der Waals surface area contributed by atoms with Gasteiger partial charge in [-0.2, -0.15) is 0 Å². The number of nitrogens with one attached hydrogen (secondary N) is 2. The first-order valence-corrected chi connectivity index (χ1v) is 10.5. The monoisotopic (exact) mass is 370 g/mol. The largest absolute Gasteiger partial charge is 0.356 e. The summed E-state index contributed by atoms with van der Waals surface area (Å²) in [4.78, 5) is 18.2. The van der Waals surface area contributed by atoms with Gasteiger partial charge in [-0.15, -0.1) is 0 Å². The molecule has 0 spiro atoms. The maximum atomic E-state index is 11.8. The minimum atomic E-state index is 0.248. The van der Waals surface area contributed by atoms with E-state index in [1.54, 1.807) is 0 Å². The summed E-state index contributed by atoms with van der Waals surface area (Å²) in [6.07, 6.45) is 6.68. The van der Waals surface area contributed by atoms with E-state index in [1.807, 2.05) is 18.9 Å². The average molecular weight is 371 g/mol. The summed E-state index contributed by atoms with van der Waals surface area (Å²) in [5, 5.41) is 7.01. The highest BCUT2D eigenvalue weighted by atomic mass is 16.2. The van der Waals surface area contributed by atoms with Crippen molar-refractivity contribution in [2.45, 2.75) is 57.4 Å². The van der Waals surface area contributed by atoms with Crippen molar-refractivity contribution in [3.63, 3.8) is 0 Å². The second-order valence-corrected chi connectivity index (χ2v) is 7.90. The molecule has 0 radical (unpaired) electrons. The minimum absolute atomic E-state index is 0.248. The zero-order valence-electron chi connectivity index (χ0n) is 16.8. The molecule has 0 aromatic heterocycles. The maximum Gasteiger partial charge on any atom is 0.222 e. The lowest BCUT2D eigenvalue weighted by molar-refractivity contribution is -0.129. The normalized spacial score (nSPS) is 26.1. The lowest BCUT2D eigenvalue weighted by atomic mass is 9.79. The SMILES string of the molecule is CCC(=O)N1CCC(NC(=NC)NCC2CCC(c3ccccc3)CC2)C1. The standard InChI is InChI=1S/C22H34N4O/c1-3-21(27)26-14-13-20(16-26)25-22(23-2)24-15-17-9-11-19(12-10-17)18-7-5-4-6-8-18/h4-8,17,19-20H,3,9-16H2,1-2H3,(H2,23,24,25). The van der Waals surface area contributed by atoms with E-state index >= 15 is 0 Å².